The number of hydrogen-bond acceptors (Lipinski definition) is 2. The zero-order chi connectivity index (χ0) is 8.85. The number of nitrogens with one attached hydrogen (secondary N) is 2. The van der Waals surface area contributed by atoms with Crippen molar-refractivity contribution in [3.05, 3.63) is 0 Å². The molecule has 0 aromatic heterocycles. The van der Waals surface area contributed by atoms with Crippen LogP contribution in [0.2, 0.25) is 0 Å². The third-order valence-corrected chi connectivity index (χ3v) is 1.32. The molecule has 0 heterocycles. The van der Waals surface area contributed by atoms with Gasteiger partial charge in [-0.2, -0.15) is 0 Å². The van der Waals surface area contributed by atoms with Crippen LogP contribution in [0, 0.1) is 0 Å². The largest absolute Gasteiger partial charge is 0.480 e. The van der Waals surface area contributed by atoms with Crippen molar-refractivity contribution < 1.29 is 9.90 Å². The van der Waals surface area contributed by atoms with Gasteiger partial charge >= 0.3 is 5.97 Å². The molecule has 0 aliphatic heterocycles. The molecule has 0 aliphatic carbocycles. The fraction of sp³-hybridized carbons (Fsp3) is 0.667. The molecule has 0 spiro atoms. The molecule has 11 heavy (non-hydrogen) atoms. The summed E-state index contributed by atoms with van der Waals surface area (Å²) in [5.74, 6) is -0.912. The molecule has 0 aromatic rings. The maximum absolute atomic E-state index is 10.3. The maximum atomic E-state index is 10.3. The SMILES string of the molecule is CCNC(=S)NC(C)C(=O)O. The Morgan fingerprint density at radius 1 is 1.73 bits per heavy atom. The number of aliphatic carboxylic acids is 1. The molecule has 5 heteroatoms. The van der Waals surface area contributed by atoms with Gasteiger partial charge in [0.05, 0.1) is 0 Å². The summed E-state index contributed by atoms with van der Waals surface area (Å²) in [6.45, 7) is 4.11. The maximum Gasteiger partial charge on any atom is 0.325 e. The van der Waals surface area contributed by atoms with Crippen LogP contribution in [0.25, 0.3) is 0 Å². The molecular formula is C6H12N2O2S. The molecule has 0 saturated carbocycles. The van der Waals surface area contributed by atoms with Crippen molar-refractivity contribution in [1.29, 1.82) is 0 Å². The van der Waals surface area contributed by atoms with Crippen LogP contribution in [-0.4, -0.2) is 28.8 Å². The highest BCUT2D eigenvalue weighted by Gasteiger charge is 2.10. The molecule has 4 nitrogen and oxygen atoms in total. The van der Waals surface area contributed by atoms with Crippen molar-refractivity contribution in [2.75, 3.05) is 6.54 Å². The second-order valence-corrected chi connectivity index (χ2v) is 2.47. The molecule has 0 radical (unpaired) electrons. The smallest absolute Gasteiger partial charge is 0.325 e. The molecule has 64 valence electrons. The van der Waals surface area contributed by atoms with E-state index in [1.807, 2.05) is 6.92 Å². The van der Waals surface area contributed by atoms with Crippen molar-refractivity contribution in [2.45, 2.75) is 19.9 Å². The first kappa shape index (κ1) is 10.2. The zero-order valence-corrected chi connectivity index (χ0v) is 7.36. The normalized spacial score (nSPS) is 11.8. The fourth-order valence-electron chi connectivity index (χ4n) is 0.470. The number of hydrogen-bond donors (Lipinski definition) is 3. The van der Waals surface area contributed by atoms with Gasteiger partial charge in [0.25, 0.3) is 0 Å². The van der Waals surface area contributed by atoms with Crippen LogP contribution in [0.4, 0.5) is 0 Å². The Kier molecular flexibility index (Phi) is 4.52. The second-order valence-electron chi connectivity index (χ2n) is 2.06. The lowest BCUT2D eigenvalue weighted by atomic mass is 10.3. The molecule has 0 bridgehead atoms. The van der Waals surface area contributed by atoms with Crippen molar-refractivity contribution in [3.8, 4) is 0 Å². The standard InChI is InChI=1S/C6H12N2O2S/c1-3-7-6(11)8-4(2)5(9)10/h4H,3H2,1-2H3,(H,9,10)(H2,7,8,11). The first-order chi connectivity index (χ1) is 5.07. The van der Waals surface area contributed by atoms with Gasteiger partial charge in [-0.05, 0) is 26.1 Å². The molecular weight excluding hydrogens is 164 g/mol. The minimum absolute atomic E-state index is 0.377. The Morgan fingerprint density at radius 2 is 2.27 bits per heavy atom. The van der Waals surface area contributed by atoms with Crippen molar-refractivity contribution in [3.63, 3.8) is 0 Å². The van der Waals surface area contributed by atoms with Gasteiger partial charge in [0.15, 0.2) is 5.11 Å². The van der Waals surface area contributed by atoms with Gasteiger partial charge in [-0.3, -0.25) is 4.79 Å². The lowest BCUT2D eigenvalue weighted by Gasteiger charge is -2.11. The minimum atomic E-state index is -0.912. The molecule has 1 unspecified atom stereocenters. The van der Waals surface area contributed by atoms with Crippen LogP contribution in [0.15, 0.2) is 0 Å². The fourth-order valence-corrected chi connectivity index (χ4v) is 0.791. The molecule has 0 aromatic carbocycles. The monoisotopic (exact) mass is 176 g/mol. The zero-order valence-electron chi connectivity index (χ0n) is 6.55. The average molecular weight is 176 g/mol. The van der Waals surface area contributed by atoms with E-state index in [0.29, 0.717) is 11.7 Å². The van der Waals surface area contributed by atoms with Gasteiger partial charge < -0.3 is 15.7 Å². The van der Waals surface area contributed by atoms with Crippen LogP contribution in [0.5, 0.6) is 0 Å². The third-order valence-electron chi connectivity index (χ3n) is 1.06. The van der Waals surface area contributed by atoms with Crippen molar-refractivity contribution >= 4 is 23.3 Å². The van der Waals surface area contributed by atoms with Crippen molar-refractivity contribution in [1.82, 2.24) is 10.6 Å². The van der Waals surface area contributed by atoms with Crippen LogP contribution < -0.4 is 10.6 Å². The average Bonchev–Trinajstić information content (AvgIpc) is 1.87. The van der Waals surface area contributed by atoms with Crippen LogP contribution in [0.3, 0.4) is 0 Å². The highest BCUT2D eigenvalue weighted by molar-refractivity contribution is 7.80. The molecule has 0 rings (SSSR count). The summed E-state index contributed by atoms with van der Waals surface area (Å²) < 4.78 is 0. The Morgan fingerprint density at radius 3 is 2.64 bits per heavy atom. The van der Waals surface area contributed by atoms with E-state index in [4.69, 9.17) is 17.3 Å². The summed E-state index contributed by atoms with van der Waals surface area (Å²) in [7, 11) is 0. The van der Waals surface area contributed by atoms with Gasteiger partial charge in [0, 0.05) is 6.54 Å². The summed E-state index contributed by atoms with van der Waals surface area (Å²) >= 11 is 4.76. The Hall–Kier alpha value is -0.840. The predicted octanol–water partition coefficient (Wildman–Crippen LogP) is -0.0565. The molecule has 0 fully saturated rings. The summed E-state index contributed by atoms with van der Waals surface area (Å²) in [5.41, 5.74) is 0. The van der Waals surface area contributed by atoms with E-state index in [0.717, 1.165) is 0 Å². The Bertz CT molecular complexity index is 161. The number of rotatable bonds is 3. The summed E-state index contributed by atoms with van der Waals surface area (Å²) in [6, 6.07) is -0.637. The van der Waals surface area contributed by atoms with E-state index in [9.17, 15) is 4.79 Å². The van der Waals surface area contributed by atoms with Gasteiger partial charge in [-0.15, -0.1) is 0 Å². The first-order valence-corrected chi connectivity index (χ1v) is 3.76. The van der Waals surface area contributed by atoms with E-state index in [-0.39, 0.29) is 0 Å². The van der Waals surface area contributed by atoms with E-state index in [1.54, 1.807) is 0 Å². The van der Waals surface area contributed by atoms with Gasteiger partial charge in [-0.25, -0.2) is 0 Å². The first-order valence-electron chi connectivity index (χ1n) is 3.35. The highest BCUT2D eigenvalue weighted by atomic mass is 32.1. The second kappa shape index (κ2) is 4.90. The van der Waals surface area contributed by atoms with Gasteiger partial charge in [-0.1, -0.05) is 0 Å². The number of thiocarbonyl (C=S) groups is 1. The van der Waals surface area contributed by atoms with Crippen LogP contribution in [-0.2, 0) is 4.79 Å². The molecule has 0 aliphatic rings. The number of carbonyl (C=O) groups is 1. The minimum Gasteiger partial charge on any atom is -0.480 e. The van der Waals surface area contributed by atoms with E-state index in [2.05, 4.69) is 10.6 Å². The Balaban J connectivity index is 3.66. The quantitative estimate of drug-likeness (QED) is 0.526. The van der Waals surface area contributed by atoms with E-state index >= 15 is 0 Å². The van der Waals surface area contributed by atoms with Crippen molar-refractivity contribution in [2.24, 2.45) is 0 Å². The van der Waals surface area contributed by atoms with Gasteiger partial charge in [0.1, 0.15) is 6.04 Å². The number of carboxylic acid groups (broad SMARTS) is 1. The molecule has 3 N–H and O–H groups in total. The lowest BCUT2D eigenvalue weighted by Crippen LogP contribution is -2.44. The molecule has 0 saturated heterocycles. The Labute approximate surface area is 71.0 Å². The van der Waals surface area contributed by atoms with E-state index in [1.165, 1.54) is 6.92 Å². The number of carboxylic acids is 1. The summed E-state index contributed by atoms with van der Waals surface area (Å²) in [5, 5.41) is 14.2. The topological polar surface area (TPSA) is 61.4 Å². The molecule has 1 atom stereocenters. The van der Waals surface area contributed by atoms with Gasteiger partial charge in [0.2, 0.25) is 0 Å². The summed E-state index contributed by atoms with van der Waals surface area (Å²) in [4.78, 5) is 10.3. The third kappa shape index (κ3) is 4.55. The predicted molar refractivity (Wildman–Crippen MR) is 46.5 cm³/mol. The van der Waals surface area contributed by atoms with Crippen LogP contribution in [0.1, 0.15) is 13.8 Å². The molecule has 0 amide bonds. The summed E-state index contributed by atoms with van der Waals surface area (Å²) in [6.07, 6.45) is 0. The van der Waals surface area contributed by atoms with Crippen LogP contribution >= 0.6 is 12.2 Å². The highest BCUT2D eigenvalue weighted by Crippen LogP contribution is 1.80. The van der Waals surface area contributed by atoms with E-state index < -0.39 is 12.0 Å². The lowest BCUT2D eigenvalue weighted by molar-refractivity contribution is -0.138.